The number of halogens is 6. The monoisotopic (exact) mass is 480 g/mol. The summed E-state index contributed by atoms with van der Waals surface area (Å²) < 4.78 is 82.2. The van der Waals surface area contributed by atoms with Crippen molar-refractivity contribution < 1.29 is 40.7 Å². The van der Waals surface area contributed by atoms with Gasteiger partial charge in [0.2, 0.25) is 0 Å². The zero-order valence-corrected chi connectivity index (χ0v) is 17.5. The number of carbonyl (C=O) groups is 2. The molecule has 1 aromatic carbocycles. The molecule has 0 aliphatic carbocycles. The summed E-state index contributed by atoms with van der Waals surface area (Å²) in [6.07, 6.45) is -10.3. The van der Waals surface area contributed by atoms with Crippen molar-refractivity contribution >= 4 is 11.8 Å². The number of hydrogen-bond acceptors (Lipinski definition) is 4. The van der Waals surface area contributed by atoms with Gasteiger partial charge in [-0.1, -0.05) is 0 Å². The topological polar surface area (TPSA) is 85.3 Å². The molecule has 0 unspecified atom stereocenters. The molecule has 0 aliphatic rings. The molecule has 2 aromatic rings. The largest absolute Gasteiger partial charge is 0.494 e. The minimum Gasteiger partial charge on any atom is -0.494 e. The first-order valence-electron chi connectivity index (χ1n) is 9.91. The molecular weight excluding hydrogens is 458 g/mol. The molecule has 13 heteroatoms. The van der Waals surface area contributed by atoms with Gasteiger partial charge in [0.05, 0.1) is 12.2 Å². The summed E-state index contributed by atoms with van der Waals surface area (Å²) in [5, 5.41) is 7.96. The molecule has 1 heterocycles. The first kappa shape index (κ1) is 26.0. The Morgan fingerprint density at radius 1 is 1.00 bits per heavy atom. The normalized spacial score (nSPS) is 11.8. The molecule has 7 nitrogen and oxygen atoms in total. The van der Waals surface area contributed by atoms with Crippen molar-refractivity contribution in [3.63, 3.8) is 0 Å². The maximum absolute atomic E-state index is 13.2. The number of ether oxygens (including phenoxy) is 1. The molecule has 33 heavy (non-hydrogen) atoms. The summed E-state index contributed by atoms with van der Waals surface area (Å²) in [5.74, 6) is -0.985. The van der Waals surface area contributed by atoms with Crippen LogP contribution in [0.5, 0.6) is 5.75 Å². The average Bonchev–Trinajstić information content (AvgIpc) is 3.15. The maximum Gasteiger partial charge on any atom is 0.435 e. The van der Waals surface area contributed by atoms with Crippen molar-refractivity contribution in [3.05, 3.63) is 47.3 Å². The van der Waals surface area contributed by atoms with Gasteiger partial charge in [0, 0.05) is 37.8 Å². The van der Waals surface area contributed by atoms with Gasteiger partial charge in [-0.05, 0) is 37.6 Å². The van der Waals surface area contributed by atoms with Crippen LogP contribution >= 0.6 is 0 Å². The molecule has 1 aromatic heterocycles. The van der Waals surface area contributed by atoms with Crippen molar-refractivity contribution in [1.29, 1.82) is 0 Å². The van der Waals surface area contributed by atoms with Crippen LogP contribution in [0.3, 0.4) is 0 Å². The molecule has 2 N–H and O–H groups in total. The predicted molar refractivity (Wildman–Crippen MR) is 105 cm³/mol. The van der Waals surface area contributed by atoms with Gasteiger partial charge in [0.25, 0.3) is 11.8 Å². The number of hydrogen-bond donors (Lipinski definition) is 2. The van der Waals surface area contributed by atoms with Crippen LogP contribution in [-0.4, -0.2) is 47.5 Å². The first-order valence-corrected chi connectivity index (χ1v) is 9.91. The number of amides is 2. The van der Waals surface area contributed by atoms with Crippen molar-refractivity contribution in [2.45, 2.75) is 38.7 Å². The van der Waals surface area contributed by atoms with Gasteiger partial charge in [-0.3, -0.25) is 14.3 Å². The lowest BCUT2D eigenvalue weighted by atomic mass is 10.2. The highest BCUT2D eigenvalue weighted by Gasteiger charge is 2.39. The quantitative estimate of drug-likeness (QED) is 0.400. The van der Waals surface area contributed by atoms with Crippen LogP contribution in [0.4, 0.5) is 26.3 Å². The van der Waals surface area contributed by atoms with Crippen molar-refractivity contribution in [3.8, 4) is 5.75 Å². The molecule has 0 saturated carbocycles. The number of benzene rings is 1. The Morgan fingerprint density at radius 3 is 2.15 bits per heavy atom. The zero-order valence-electron chi connectivity index (χ0n) is 17.5. The highest BCUT2D eigenvalue weighted by molar-refractivity contribution is 5.96. The van der Waals surface area contributed by atoms with Crippen molar-refractivity contribution in [2.75, 3.05) is 19.7 Å². The molecule has 0 saturated heterocycles. The SMILES string of the molecule is CCOc1ccc(C(=O)NCCNC(=O)c2cn(CCCC(F)(F)F)nc2C(F)(F)F)cc1. The standard InChI is InChI=1S/C20H22F6N4O3/c1-2-33-14-6-4-13(5-7-14)17(31)27-9-10-28-18(32)15-12-30(11-3-8-19(21,22)23)29-16(15)20(24,25)26/h4-7,12H,2-3,8-11H2,1H3,(H,27,31)(H,28,32). The molecule has 0 fully saturated rings. The Hall–Kier alpha value is -3.25. The van der Waals surface area contributed by atoms with Crippen LogP contribution in [-0.2, 0) is 12.7 Å². The van der Waals surface area contributed by atoms with E-state index in [4.69, 9.17) is 4.74 Å². The minimum atomic E-state index is -4.97. The fraction of sp³-hybridized carbons (Fsp3) is 0.450. The van der Waals surface area contributed by atoms with Gasteiger partial charge in [-0.15, -0.1) is 0 Å². The summed E-state index contributed by atoms with van der Waals surface area (Å²) in [7, 11) is 0. The predicted octanol–water partition coefficient (Wildman–Crippen LogP) is 3.80. The Bertz CT molecular complexity index is 939. The van der Waals surface area contributed by atoms with Gasteiger partial charge in [0.15, 0.2) is 5.69 Å². The van der Waals surface area contributed by atoms with Crippen LogP contribution < -0.4 is 15.4 Å². The second-order valence-electron chi connectivity index (χ2n) is 6.84. The van der Waals surface area contributed by atoms with E-state index in [-0.39, 0.29) is 13.1 Å². The lowest BCUT2D eigenvalue weighted by molar-refractivity contribution is -0.142. The Kier molecular flexibility index (Phi) is 8.71. The van der Waals surface area contributed by atoms with Crippen LogP contribution in [0, 0.1) is 0 Å². The number of aromatic nitrogens is 2. The molecule has 2 amide bonds. The van der Waals surface area contributed by atoms with Gasteiger partial charge in [0.1, 0.15) is 5.75 Å². The third kappa shape index (κ3) is 8.31. The lowest BCUT2D eigenvalue weighted by Gasteiger charge is -2.09. The van der Waals surface area contributed by atoms with Crippen molar-refractivity contribution in [1.82, 2.24) is 20.4 Å². The fourth-order valence-electron chi connectivity index (χ4n) is 2.77. The molecular formula is C20H22F6N4O3. The summed E-state index contributed by atoms with van der Waals surface area (Å²) in [6.45, 7) is 1.59. The highest BCUT2D eigenvalue weighted by atomic mass is 19.4. The summed E-state index contributed by atoms with van der Waals surface area (Å²) >= 11 is 0. The Morgan fingerprint density at radius 2 is 1.61 bits per heavy atom. The zero-order chi connectivity index (χ0) is 24.6. The number of alkyl halides is 6. The van der Waals surface area contributed by atoms with E-state index in [1.165, 1.54) is 12.1 Å². The Labute approximate surface area is 185 Å². The average molecular weight is 480 g/mol. The van der Waals surface area contributed by atoms with Crippen molar-refractivity contribution in [2.24, 2.45) is 0 Å². The van der Waals surface area contributed by atoms with Crippen LogP contribution in [0.15, 0.2) is 30.5 Å². The van der Waals surface area contributed by atoms with Gasteiger partial charge in [-0.2, -0.15) is 31.4 Å². The second kappa shape index (κ2) is 11.1. The maximum atomic E-state index is 13.2. The van der Waals surface area contributed by atoms with Crippen LogP contribution in [0.25, 0.3) is 0 Å². The van der Waals surface area contributed by atoms with E-state index in [2.05, 4.69) is 15.7 Å². The molecule has 0 atom stereocenters. The van der Waals surface area contributed by atoms with Gasteiger partial charge in [-0.25, -0.2) is 0 Å². The highest BCUT2D eigenvalue weighted by Crippen LogP contribution is 2.31. The minimum absolute atomic E-state index is 0.0706. The number of nitrogens with one attached hydrogen (secondary N) is 2. The van der Waals surface area contributed by atoms with Gasteiger partial charge >= 0.3 is 12.4 Å². The Balaban J connectivity index is 1.91. The van der Waals surface area contributed by atoms with E-state index in [0.717, 1.165) is 6.20 Å². The fourth-order valence-corrected chi connectivity index (χ4v) is 2.77. The summed E-state index contributed by atoms with van der Waals surface area (Å²) in [4.78, 5) is 24.3. The van der Waals surface area contributed by atoms with Gasteiger partial charge < -0.3 is 15.4 Å². The first-order chi connectivity index (χ1) is 15.4. The van der Waals surface area contributed by atoms with Crippen LogP contribution in [0.2, 0.25) is 0 Å². The van der Waals surface area contributed by atoms with E-state index < -0.39 is 54.8 Å². The van der Waals surface area contributed by atoms with E-state index in [1.54, 1.807) is 12.1 Å². The van der Waals surface area contributed by atoms with Crippen LogP contribution in [0.1, 0.15) is 46.2 Å². The van der Waals surface area contributed by atoms with E-state index in [1.807, 2.05) is 6.92 Å². The molecule has 0 aliphatic heterocycles. The molecule has 0 bridgehead atoms. The number of aryl methyl sites for hydroxylation is 1. The molecule has 0 radical (unpaired) electrons. The lowest BCUT2D eigenvalue weighted by Crippen LogP contribution is -2.35. The van der Waals surface area contributed by atoms with E-state index >= 15 is 0 Å². The molecule has 182 valence electrons. The third-order valence-corrected chi connectivity index (χ3v) is 4.25. The van der Waals surface area contributed by atoms with E-state index in [9.17, 15) is 35.9 Å². The summed E-state index contributed by atoms with van der Waals surface area (Å²) in [5.41, 5.74) is -1.98. The van der Waals surface area contributed by atoms with E-state index in [0.29, 0.717) is 22.6 Å². The number of rotatable bonds is 10. The second-order valence-corrected chi connectivity index (χ2v) is 6.84. The summed E-state index contributed by atoms with van der Waals surface area (Å²) in [6, 6.07) is 6.26. The molecule has 0 spiro atoms. The third-order valence-electron chi connectivity index (χ3n) is 4.25. The number of carbonyl (C=O) groups excluding carboxylic acids is 2. The molecule has 2 rings (SSSR count). The number of nitrogens with zero attached hydrogens (tertiary/aromatic N) is 2. The smallest absolute Gasteiger partial charge is 0.435 e.